The van der Waals surface area contributed by atoms with Gasteiger partial charge in [0.25, 0.3) is 0 Å². The van der Waals surface area contributed by atoms with Gasteiger partial charge < -0.3 is 0 Å². The molecule has 0 radical (unpaired) electrons. The van der Waals surface area contributed by atoms with Crippen molar-refractivity contribution in [1.29, 1.82) is 0 Å². The van der Waals surface area contributed by atoms with Crippen LogP contribution in [-0.4, -0.2) is 20.3 Å². The highest BCUT2D eigenvalue weighted by molar-refractivity contribution is 5.94. The molecule has 2 aromatic heterocycles. The van der Waals surface area contributed by atoms with Crippen LogP contribution in [-0.2, 0) is 0 Å². The highest BCUT2D eigenvalue weighted by atomic mass is 16.1. The van der Waals surface area contributed by atoms with Gasteiger partial charge in [-0.05, 0) is 26.0 Å². The van der Waals surface area contributed by atoms with E-state index in [9.17, 15) is 4.79 Å². The standard InChI is InChI=1S/C11H11N3O/c1-8(15)10-3-4-13-11(7-10)14-6-5-12-9(14)2/h3-7H,1-2H3. The van der Waals surface area contributed by atoms with Crippen molar-refractivity contribution in [3.8, 4) is 5.82 Å². The van der Waals surface area contributed by atoms with Gasteiger partial charge >= 0.3 is 0 Å². The largest absolute Gasteiger partial charge is 0.295 e. The maximum Gasteiger partial charge on any atom is 0.159 e. The number of nitrogens with zero attached hydrogens (tertiary/aromatic N) is 3. The van der Waals surface area contributed by atoms with Gasteiger partial charge in [-0.2, -0.15) is 0 Å². The molecule has 15 heavy (non-hydrogen) atoms. The highest BCUT2D eigenvalue weighted by Crippen LogP contribution is 2.09. The number of hydrogen-bond donors (Lipinski definition) is 0. The number of ketones is 1. The second-order valence-electron chi connectivity index (χ2n) is 3.30. The third kappa shape index (κ3) is 1.79. The zero-order chi connectivity index (χ0) is 10.8. The fourth-order valence-corrected chi connectivity index (χ4v) is 1.39. The zero-order valence-corrected chi connectivity index (χ0v) is 8.64. The van der Waals surface area contributed by atoms with E-state index in [-0.39, 0.29) is 5.78 Å². The number of aryl methyl sites for hydroxylation is 1. The molecule has 2 rings (SSSR count). The van der Waals surface area contributed by atoms with Crippen molar-refractivity contribution in [3.63, 3.8) is 0 Å². The van der Waals surface area contributed by atoms with E-state index in [2.05, 4.69) is 9.97 Å². The average molecular weight is 201 g/mol. The summed E-state index contributed by atoms with van der Waals surface area (Å²) in [6, 6.07) is 3.47. The number of hydrogen-bond acceptors (Lipinski definition) is 3. The molecule has 0 aliphatic carbocycles. The van der Waals surface area contributed by atoms with Crippen molar-refractivity contribution in [1.82, 2.24) is 14.5 Å². The molecule has 0 aromatic carbocycles. The minimum absolute atomic E-state index is 0.0384. The maximum atomic E-state index is 11.2. The van der Waals surface area contributed by atoms with Crippen molar-refractivity contribution in [2.75, 3.05) is 0 Å². The molecular formula is C11H11N3O. The molecule has 76 valence electrons. The summed E-state index contributed by atoms with van der Waals surface area (Å²) in [6.07, 6.45) is 5.16. The number of aromatic nitrogens is 3. The van der Waals surface area contributed by atoms with E-state index in [0.29, 0.717) is 5.56 Å². The molecular weight excluding hydrogens is 190 g/mol. The molecule has 0 unspecified atom stereocenters. The van der Waals surface area contributed by atoms with Crippen LogP contribution in [0.4, 0.5) is 0 Å². The Kier molecular flexibility index (Phi) is 2.33. The molecule has 0 atom stereocenters. The lowest BCUT2D eigenvalue weighted by Crippen LogP contribution is -2.01. The van der Waals surface area contributed by atoms with Crippen LogP contribution in [0.5, 0.6) is 0 Å². The summed E-state index contributed by atoms with van der Waals surface area (Å²) in [7, 11) is 0. The van der Waals surface area contributed by atoms with E-state index in [1.54, 1.807) is 31.5 Å². The van der Waals surface area contributed by atoms with E-state index >= 15 is 0 Å². The van der Waals surface area contributed by atoms with Crippen LogP contribution in [0.25, 0.3) is 5.82 Å². The summed E-state index contributed by atoms with van der Waals surface area (Å²) in [5.74, 6) is 1.61. The molecule has 0 fully saturated rings. The number of Topliss-reactive ketones (excluding diaryl/α,β-unsaturated/α-hetero) is 1. The third-order valence-electron chi connectivity index (χ3n) is 2.22. The quantitative estimate of drug-likeness (QED) is 0.696. The van der Waals surface area contributed by atoms with Gasteiger partial charge in [0.2, 0.25) is 0 Å². The summed E-state index contributed by atoms with van der Waals surface area (Å²) in [5.41, 5.74) is 0.660. The number of pyridine rings is 1. The minimum Gasteiger partial charge on any atom is -0.295 e. The Morgan fingerprint density at radius 3 is 2.73 bits per heavy atom. The molecule has 0 aliphatic heterocycles. The monoisotopic (exact) mass is 201 g/mol. The molecule has 0 saturated heterocycles. The van der Waals surface area contributed by atoms with Gasteiger partial charge in [-0.1, -0.05) is 0 Å². The Bertz CT molecular complexity index is 502. The molecule has 4 nitrogen and oxygen atoms in total. The normalized spacial score (nSPS) is 10.3. The number of carbonyl (C=O) groups excluding carboxylic acids is 1. The van der Waals surface area contributed by atoms with Crippen LogP contribution in [0.1, 0.15) is 23.1 Å². The van der Waals surface area contributed by atoms with Gasteiger partial charge in [0.05, 0.1) is 0 Å². The van der Waals surface area contributed by atoms with Gasteiger partial charge in [-0.15, -0.1) is 0 Å². The Morgan fingerprint density at radius 2 is 2.13 bits per heavy atom. The Labute approximate surface area is 87.6 Å². The summed E-state index contributed by atoms with van der Waals surface area (Å²) < 4.78 is 1.84. The lowest BCUT2D eigenvalue weighted by molar-refractivity contribution is 0.101. The number of rotatable bonds is 2. The SMILES string of the molecule is CC(=O)c1ccnc(-n2ccnc2C)c1. The predicted molar refractivity (Wildman–Crippen MR) is 56.1 cm³/mol. The van der Waals surface area contributed by atoms with Gasteiger partial charge in [0.1, 0.15) is 11.6 Å². The Hall–Kier alpha value is -1.97. The predicted octanol–water partition coefficient (Wildman–Crippen LogP) is 1.78. The summed E-state index contributed by atoms with van der Waals surface area (Å²) in [4.78, 5) is 19.5. The van der Waals surface area contributed by atoms with Gasteiger partial charge in [0.15, 0.2) is 5.78 Å². The molecule has 4 heteroatoms. The maximum absolute atomic E-state index is 11.2. The summed E-state index contributed by atoms with van der Waals surface area (Å²) >= 11 is 0. The highest BCUT2D eigenvalue weighted by Gasteiger charge is 2.04. The van der Waals surface area contributed by atoms with E-state index in [4.69, 9.17) is 0 Å². The fraction of sp³-hybridized carbons (Fsp3) is 0.182. The second kappa shape index (κ2) is 3.65. The third-order valence-corrected chi connectivity index (χ3v) is 2.22. The Balaban J connectivity index is 2.50. The lowest BCUT2D eigenvalue weighted by Gasteiger charge is -2.04. The topological polar surface area (TPSA) is 47.8 Å². The Morgan fingerprint density at radius 1 is 1.33 bits per heavy atom. The van der Waals surface area contributed by atoms with E-state index in [1.165, 1.54) is 0 Å². The van der Waals surface area contributed by atoms with Gasteiger partial charge in [-0.25, -0.2) is 9.97 Å². The van der Waals surface area contributed by atoms with Crippen LogP contribution < -0.4 is 0 Å². The molecule has 0 saturated carbocycles. The smallest absolute Gasteiger partial charge is 0.159 e. The van der Waals surface area contributed by atoms with Crippen LogP contribution in [0.3, 0.4) is 0 Å². The van der Waals surface area contributed by atoms with E-state index in [0.717, 1.165) is 11.6 Å². The molecule has 0 bridgehead atoms. The minimum atomic E-state index is 0.0384. The van der Waals surface area contributed by atoms with Crippen molar-refractivity contribution < 1.29 is 4.79 Å². The van der Waals surface area contributed by atoms with E-state index < -0.39 is 0 Å². The molecule has 2 heterocycles. The van der Waals surface area contributed by atoms with E-state index in [1.807, 2.05) is 17.7 Å². The first kappa shape index (κ1) is 9.58. The fourth-order valence-electron chi connectivity index (χ4n) is 1.39. The van der Waals surface area contributed by atoms with Crippen molar-refractivity contribution in [2.24, 2.45) is 0 Å². The summed E-state index contributed by atoms with van der Waals surface area (Å²) in [6.45, 7) is 3.43. The lowest BCUT2D eigenvalue weighted by atomic mass is 10.2. The van der Waals surface area contributed by atoms with Crippen molar-refractivity contribution in [3.05, 3.63) is 42.1 Å². The van der Waals surface area contributed by atoms with Crippen LogP contribution >= 0.6 is 0 Å². The van der Waals surface area contributed by atoms with Crippen molar-refractivity contribution >= 4 is 5.78 Å². The first-order chi connectivity index (χ1) is 7.18. The van der Waals surface area contributed by atoms with Gasteiger partial charge in [-0.3, -0.25) is 9.36 Å². The number of carbonyl (C=O) groups is 1. The molecule has 0 aliphatic rings. The first-order valence-corrected chi connectivity index (χ1v) is 4.66. The van der Waals surface area contributed by atoms with Crippen molar-refractivity contribution in [2.45, 2.75) is 13.8 Å². The zero-order valence-electron chi connectivity index (χ0n) is 8.64. The number of imidazole rings is 1. The van der Waals surface area contributed by atoms with Crippen LogP contribution in [0, 0.1) is 6.92 Å². The summed E-state index contributed by atoms with van der Waals surface area (Å²) in [5, 5.41) is 0. The van der Waals surface area contributed by atoms with Gasteiger partial charge in [0, 0.05) is 24.2 Å². The van der Waals surface area contributed by atoms with Crippen LogP contribution in [0.15, 0.2) is 30.7 Å². The molecule has 0 amide bonds. The first-order valence-electron chi connectivity index (χ1n) is 4.66. The van der Waals surface area contributed by atoms with Crippen LogP contribution in [0.2, 0.25) is 0 Å². The second-order valence-corrected chi connectivity index (χ2v) is 3.30. The molecule has 0 spiro atoms. The molecule has 0 N–H and O–H groups in total. The average Bonchev–Trinajstić information content (AvgIpc) is 2.64. The molecule has 2 aromatic rings.